The van der Waals surface area contributed by atoms with Gasteiger partial charge in [-0.25, -0.2) is 0 Å². The van der Waals surface area contributed by atoms with Crippen LogP contribution in [0.3, 0.4) is 0 Å². The van der Waals surface area contributed by atoms with Crippen LogP contribution in [0.1, 0.15) is 63.0 Å². The van der Waals surface area contributed by atoms with Crippen molar-refractivity contribution in [3.05, 3.63) is 29.3 Å². The number of aliphatic hydroxyl groups is 1. The van der Waals surface area contributed by atoms with Gasteiger partial charge in [-0.2, -0.15) is 0 Å². The number of ether oxygens (including phenoxy) is 1. The van der Waals surface area contributed by atoms with Crippen LogP contribution in [-0.2, 0) is 0 Å². The van der Waals surface area contributed by atoms with Gasteiger partial charge < -0.3 is 14.7 Å². The predicted octanol–water partition coefficient (Wildman–Crippen LogP) is 4.12. The molecule has 1 aromatic rings. The molecule has 3 heteroatoms. The molecule has 0 spiro atoms. The Bertz CT molecular complexity index is 481. The second kappa shape index (κ2) is 8.70. The highest BCUT2D eigenvalue weighted by molar-refractivity contribution is 5.36. The van der Waals surface area contributed by atoms with Gasteiger partial charge >= 0.3 is 0 Å². The first-order chi connectivity index (χ1) is 11.0. The number of benzene rings is 1. The SMILES string of the molecule is Cc1cc(OC[C@H](O)CN(C)C2CCCCC2)ccc1C(C)C. The van der Waals surface area contributed by atoms with Crippen LogP contribution >= 0.6 is 0 Å². The molecule has 0 aliphatic heterocycles. The molecule has 3 nitrogen and oxygen atoms in total. The average molecular weight is 319 g/mol. The van der Waals surface area contributed by atoms with Gasteiger partial charge in [0.15, 0.2) is 0 Å². The first-order valence-electron chi connectivity index (χ1n) is 9.09. The summed E-state index contributed by atoms with van der Waals surface area (Å²) in [5.74, 6) is 1.38. The number of nitrogens with zero attached hydrogens (tertiary/aromatic N) is 1. The predicted molar refractivity (Wildman–Crippen MR) is 96.3 cm³/mol. The van der Waals surface area contributed by atoms with Crippen molar-refractivity contribution in [1.82, 2.24) is 4.90 Å². The van der Waals surface area contributed by atoms with Gasteiger partial charge in [-0.1, -0.05) is 39.2 Å². The van der Waals surface area contributed by atoms with E-state index >= 15 is 0 Å². The van der Waals surface area contributed by atoms with E-state index in [2.05, 4.69) is 44.9 Å². The summed E-state index contributed by atoms with van der Waals surface area (Å²) in [6.07, 6.45) is 6.10. The van der Waals surface area contributed by atoms with E-state index in [-0.39, 0.29) is 0 Å². The molecule has 0 amide bonds. The largest absolute Gasteiger partial charge is 0.491 e. The lowest BCUT2D eigenvalue weighted by atomic mass is 9.94. The van der Waals surface area contributed by atoms with Gasteiger partial charge in [-0.3, -0.25) is 0 Å². The summed E-state index contributed by atoms with van der Waals surface area (Å²) >= 11 is 0. The number of hydrogen-bond acceptors (Lipinski definition) is 3. The molecule has 0 radical (unpaired) electrons. The molecule has 0 bridgehead atoms. The van der Waals surface area contributed by atoms with Crippen LogP contribution in [0.2, 0.25) is 0 Å². The molecule has 130 valence electrons. The number of likely N-dealkylation sites (N-methyl/N-ethyl adjacent to an activating group) is 1. The third kappa shape index (κ3) is 5.50. The molecule has 1 aromatic carbocycles. The van der Waals surface area contributed by atoms with Crippen LogP contribution < -0.4 is 4.74 Å². The van der Waals surface area contributed by atoms with Crippen molar-refractivity contribution in [2.24, 2.45) is 0 Å². The smallest absolute Gasteiger partial charge is 0.119 e. The Kier molecular flexibility index (Phi) is 6.91. The van der Waals surface area contributed by atoms with Gasteiger partial charge in [0.05, 0.1) is 0 Å². The molecule has 1 fully saturated rings. The normalized spacial score (nSPS) is 17.7. The highest BCUT2D eigenvalue weighted by atomic mass is 16.5. The van der Waals surface area contributed by atoms with Gasteiger partial charge in [0, 0.05) is 12.6 Å². The van der Waals surface area contributed by atoms with E-state index in [0.717, 1.165) is 5.75 Å². The molecular formula is C20H33NO2. The fraction of sp³-hybridized carbons (Fsp3) is 0.700. The average Bonchev–Trinajstić information content (AvgIpc) is 2.53. The molecule has 0 aromatic heterocycles. The standard InChI is InChI=1S/C20H33NO2/c1-15(2)20-11-10-19(12-16(20)3)23-14-18(22)13-21(4)17-8-6-5-7-9-17/h10-12,15,17-18,22H,5-9,13-14H2,1-4H3/t18-/m1/s1. The zero-order valence-corrected chi connectivity index (χ0v) is 15.2. The van der Waals surface area contributed by atoms with Crippen LogP contribution in [-0.4, -0.2) is 42.4 Å². The van der Waals surface area contributed by atoms with E-state index in [1.54, 1.807) is 0 Å². The Hall–Kier alpha value is -1.06. The van der Waals surface area contributed by atoms with E-state index < -0.39 is 6.10 Å². The molecule has 1 aliphatic carbocycles. The summed E-state index contributed by atoms with van der Waals surface area (Å²) in [5, 5.41) is 10.3. The van der Waals surface area contributed by atoms with Crippen LogP contribution in [0.4, 0.5) is 0 Å². The highest BCUT2D eigenvalue weighted by Gasteiger charge is 2.20. The molecule has 2 rings (SSSR count). The summed E-state index contributed by atoms with van der Waals surface area (Å²) < 4.78 is 5.79. The fourth-order valence-electron chi connectivity index (χ4n) is 3.63. The van der Waals surface area contributed by atoms with Gasteiger partial charge in [-0.05, 0) is 56.0 Å². The van der Waals surface area contributed by atoms with Crippen LogP contribution in [0.15, 0.2) is 18.2 Å². The number of aliphatic hydroxyl groups excluding tert-OH is 1. The van der Waals surface area contributed by atoms with Gasteiger partial charge in [0.25, 0.3) is 0 Å². The zero-order chi connectivity index (χ0) is 16.8. The van der Waals surface area contributed by atoms with E-state index in [1.165, 1.54) is 43.2 Å². The number of hydrogen-bond donors (Lipinski definition) is 1. The van der Waals surface area contributed by atoms with E-state index in [1.807, 2.05) is 6.07 Å². The quantitative estimate of drug-likeness (QED) is 0.820. The van der Waals surface area contributed by atoms with Gasteiger partial charge in [0.2, 0.25) is 0 Å². The summed E-state index contributed by atoms with van der Waals surface area (Å²) in [6, 6.07) is 6.86. The van der Waals surface area contributed by atoms with Crippen molar-refractivity contribution in [2.75, 3.05) is 20.2 Å². The minimum atomic E-state index is -0.438. The molecule has 1 N–H and O–H groups in total. The number of aryl methyl sites for hydroxylation is 1. The third-order valence-corrected chi connectivity index (χ3v) is 5.00. The molecule has 1 aliphatic rings. The third-order valence-electron chi connectivity index (χ3n) is 5.00. The summed E-state index contributed by atoms with van der Waals surface area (Å²) in [6.45, 7) is 7.57. The molecule has 0 unspecified atom stereocenters. The molecule has 1 atom stereocenters. The van der Waals surface area contributed by atoms with Crippen molar-refractivity contribution < 1.29 is 9.84 Å². The van der Waals surface area contributed by atoms with Crippen molar-refractivity contribution >= 4 is 0 Å². The van der Waals surface area contributed by atoms with Gasteiger partial charge in [0.1, 0.15) is 18.5 Å². The first-order valence-corrected chi connectivity index (χ1v) is 9.09. The second-order valence-corrected chi connectivity index (χ2v) is 7.37. The van der Waals surface area contributed by atoms with Crippen molar-refractivity contribution in [2.45, 2.75) is 70.9 Å². The highest BCUT2D eigenvalue weighted by Crippen LogP contribution is 2.24. The Labute approximate surface area is 141 Å². The Morgan fingerprint density at radius 1 is 1.22 bits per heavy atom. The Morgan fingerprint density at radius 3 is 2.52 bits per heavy atom. The maximum Gasteiger partial charge on any atom is 0.119 e. The molecule has 23 heavy (non-hydrogen) atoms. The Balaban J connectivity index is 1.79. The maximum absolute atomic E-state index is 10.3. The number of rotatable bonds is 7. The van der Waals surface area contributed by atoms with E-state index in [9.17, 15) is 5.11 Å². The van der Waals surface area contributed by atoms with Crippen molar-refractivity contribution in [1.29, 1.82) is 0 Å². The van der Waals surface area contributed by atoms with Crippen molar-refractivity contribution in [3.8, 4) is 5.75 Å². The molecule has 0 saturated heterocycles. The zero-order valence-electron chi connectivity index (χ0n) is 15.2. The molecule has 1 saturated carbocycles. The topological polar surface area (TPSA) is 32.7 Å². The second-order valence-electron chi connectivity index (χ2n) is 7.37. The molecular weight excluding hydrogens is 286 g/mol. The van der Waals surface area contributed by atoms with Crippen LogP contribution in [0.25, 0.3) is 0 Å². The Morgan fingerprint density at radius 2 is 1.91 bits per heavy atom. The fourth-order valence-corrected chi connectivity index (χ4v) is 3.63. The lowest BCUT2D eigenvalue weighted by molar-refractivity contribution is 0.0561. The minimum absolute atomic E-state index is 0.359. The van der Waals surface area contributed by atoms with Crippen LogP contribution in [0, 0.1) is 6.92 Å². The first kappa shape index (κ1) is 18.3. The summed E-state index contributed by atoms with van der Waals surface area (Å²) in [7, 11) is 2.13. The lowest BCUT2D eigenvalue weighted by Gasteiger charge is -2.32. The van der Waals surface area contributed by atoms with E-state index in [0.29, 0.717) is 25.1 Å². The summed E-state index contributed by atoms with van der Waals surface area (Å²) in [4.78, 5) is 2.31. The maximum atomic E-state index is 10.3. The van der Waals surface area contributed by atoms with E-state index in [4.69, 9.17) is 4.74 Å². The van der Waals surface area contributed by atoms with Crippen LogP contribution in [0.5, 0.6) is 5.75 Å². The van der Waals surface area contributed by atoms with Crippen molar-refractivity contribution in [3.63, 3.8) is 0 Å². The summed E-state index contributed by atoms with van der Waals surface area (Å²) in [5.41, 5.74) is 2.61. The molecule has 0 heterocycles. The van der Waals surface area contributed by atoms with Gasteiger partial charge in [-0.15, -0.1) is 0 Å². The lowest BCUT2D eigenvalue weighted by Crippen LogP contribution is -2.40. The minimum Gasteiger partial charge on any atom is -0.491 e. The monoisotopic (exact) mass is 319 g/mol.